The van der Waals surface area contributed by atoms with Gasteiger partial charge in [0.05, 0.1) is 0 Å². The molecule has 0 spiro atoms. The monoisotopic (exact) mass is 324 g/mol. The maximum atomic E-state index is 15.1. The lowest BCUT2D eigenvalue weighted by Crippen LogP contribution is -1.95. The van der Waals surface area contributed by atoms with E-state index in [1.54, 1.807) is 43.3 Å². The van der Waals surface area contributed by atoms with E-state index in [1.807, 2.05) is 13.0 Å². The van der Waals surface area contributed by atoms with Gasteiger partial charge in [0, 0.05) is 16.7 Å². The first-order valence-corrected chi connectivity index (χ1v) is 7.89. The number of hydrogen-bond acceptors (Lipinski definition) is 1. The molecule has 0 heterocycles. The summed E-state index contributed by atoms with van der Waals surface area (Å²) in [6.45, 7) is 3.67. The summed E-state index contributed by atoms with van der Waals surface area (Å²) in [6, 6.07) is 14.7. The van der Waals surface area contributed by atoms with Crippen LogP contribution in [0.1, 0.15) is 18.1 Å². The van der Waals surface area contributed by atoms with Crippen molar-refractivity contribution in [1.82, 2.24) is 0 Å². The van der Waals surface area contributed by atoms with Crippen LogP contribution in [0.5, 0.6) is 5.75 Å². The summed E-state index contributed by atoms with van der Waals surface area (Å²) in [4.78, 5) is 0. The van der Waals surface area contributed by atoms with Crippen molar-refractivity contribution < 1.29 is 13.9 Å². The number of hydrogen-bond donors (Lipinski definition) is 1. The van der Waals surface area contributed by atoms with Crippen LogP contribution in [0.25, 0.3) is 22.3 Å². The highest BCUT2D eigenvalue weighted by molar-refractivity contribution is 5.77. The molecule has 24 heavy (non-hydrogen) atoms. The molecule has 1 nitrogen and oxygen atoms in total. The minimum atomic E-state index is -0.468. The van der Waals surface area contributed by atoms with Crippen molar-refractivity contribution in [3.8, 4) is 28.0 Å². The summed E-state index contributed by atoms with van der Waals surface area (Å²) in [7, 11) is 0. The molecule has 3 aromatic carbocycles. The minimum absolute atomic E-state index is 0.0119. The molecule has 0 unspecified atom stereocenters. The molecule has 0 saturated heterocycles. The van der Waals surface area contributed by atoms with E-state index in [2.05, 4.69) is 0 Å². The van der Waals surface area contributed by atoms with E-state index in [4.69, 9.17) is 0 Å². The summed E-state index contributed by atoms with van der Waals surface area (Å²) >= 11 is 0. The summed E-state index contributed by atoms with van der Waals surface area (Å²) in [6.07, 6.45) is 0.678. The third kappa shape index (κ3) is 2.78. The molecule has 0 fully saturated rings. The number of para-hydroxylation sites is 1. The van der Waals surface area contributed by atoms with Gasteiger partial charge >= 0.3 is 0 Å². The lowest BCUT2D eigenvalue weighted by molar-refractivity contribution is 0.476. The standard InChI is InChI=1S/C21H18F2O/c1-3-14-11-15(12-19(22)13(14)2)16-8-6-9-18(21(16)23)17-7-4-5-10-20(17)24/h4-12,24H,3H2,1-2H3. The Hall–Kier alpha value is -2.68. The van der Waals surface area contributed by atoms with Crippen molar-refractivity contribution in [3.05, 3.63) is 77.4 Å². The van der Waals surface area contributed by atoms with Crippen LogP contribution in [0.4, 0.5) is 8.78 Å². The first-order chi connectivity index (χ1) is 11.5. The molecule has 0 aliphatic heterocycles. The third-order valence-corrected chi connectivity index (χ3v) is 4.34. The van der Waals surface area contributed by atoms with E-state index in [0.29, 0.717) is 34.2 Å². The first kappa shape index (κ1) is 16.2. The van der Waals surface area contributed by atoms with Crippen LogP contribution in [-0.4, -0.2) is 5.11 Å². The summed E-state index contributed by atoms with van der Waals surface area (Å²) in [5, 5.41) is 9.99. The number of phenolic OH excluding ortho intramolecular Hbond substituents is 1. The van der Waals surface area contributed by atoms with Gasteiger partial charge in [-0.3, -0.25) is 0 Å². The van der Waals surface area contributed by atoms with Crippen molar-refractivity contribution in [2.45, 2.75) is 20.3 Å². The molecule has 0 bridgehead atoms. The number of halogens is 2. The van der Waals surface area contributed by atoms with Gasteiger partial charge in [-0.05, 0) is 42.2 Å². The van der Waals surface area contributed by atoms with E-state index in [1.165, 1.54) is 12.1 Å². The topological polar surface area (TPSA) is 20.2 Å². The van der Waals surface area contributed by atoms with E-state index in [-0.39, 0.29) is 11.6 Å². The molecule has 3 aromatic rings. The predicted molar refractivity (Wildman–Crippen MR) is 93.0 cm³/mol. The zero-order valence-electron chi connectivity index (χ0n) is 13.6. The van der Waals surface area contributed by atoms with Crippen LogP contribution in [-0.2, 0) is 6.42 Å². The Labute approximate surface area is 140 Å². The largest absolute Gasteiger partial charge is 0.507 e. The quantitative estimate of drug-likeness (QED) is 0.638. The van der Waals surface area contributed by atoms with E-state index in [9.17, 15) is 9.50 Å². The Morgan fingerprint density at radius 1 is 0.875 bits per heavy atom. The number of benzene rings is 3. The van der Waals surface area contributed by atoms with Crippen molar-refractivity contribution in [3.63, 3.8) is 0 Å². The molecule has 0 aliphatic rings. The molecule has 0 amide bonds. The molecule has 0 radical (unpaired) electrons. The highest BCUT2D eigenvalue weighted by atomic mass is 19.1. The second-order valence-corrected chi connectivity index (χ2v) is 5.78. The van der Waals surface area contributed by atoms with Gasteiger partial charge in [-0.2, -0.15) is 0 Å². The Bertz CT molecular complexity index is 900. The van der Waals surface area contributed by atoms with E-state index in [0.717, 1.165) is 5.56 Å². The van der Waals surface area contributed by atoms with E-state index >= 15 is 4.39 Å². The maximum Gasteiger partial charge on any atom is 0.138 e. The molecule has 1 N–H and O–H groups in total. The predicted octanol–water partition coefficient (Wildman–Crippen LogP) is 5.88. The molecule has 3 rings (SSSR count). The van der Waals surface area contributed by atoms with Crippen LogP contribution in [0.2, 0.25) is 0 Å². The van der Waals surface area contributed by atoms with Crippen molar-refractivity contribution in [1.29, 1.82) is 0 Å². The maximum absolute atomic E-state index is 15.1. The average molecular weight is 324 g/mol. The Kier molecular flexibility index (Phi) is 4.34. The average Bonchev–Trinajstić information content (AvgIpc) is 2.58. The molecule has 0 atom stereocenters. The molecular formula is C21H18F2O. The Morgan fingerprint density at radius 3 is 2.25 bits per heavy atom. The lowest BCUT2D eigenvalue weighted by atomic mass is 9.94. The van der Waals surface area contributed by atoms with Gasteiger partial charge < -0.3 is 5.11 Å². The smallest absolute Gasteiger partial charge is 0.138 e. The Balaban J connectivity index is 2.20. The van der Waals surface area contributed by atoms with Gasteiger partial charge in [0.25, 0.3) is 0 Å². The van der Waals surface area contributed by atoms with Gasteiger partial charge in [0.2, 0.25) is 0 Å². The fourth-order valence-electron chi connectivity index (χ4n) is 2.92. The molecular weight excluding hydrogens is 306 g/mol. The molecule has 3 heteroatoms. The second-order valence-electron chi connectivity index (χ2n) is 5.78. The Morgan fingerprint density at radius 2 is 1.54 bits per heavy atom. The zero-order chi connectivity index (χ0) is 17.3. The SMILES string of the molecule is CCc1cc(-c2cccc(-c3ccccc3O)c2F)cc(F)c1C. The number of phenols is 1. The summed E-state index contributed by atoms with van der Waals surface area (Å²) in [5.74, 6) is -0.793. The second kappa shape index (κ2) is 6.44. The number of aryl methyl sites for hydroxylation is 1. The van der Waals surface area contributed by atoms with Crippen molar-refractivity contribution in [2.24, 2.45) is 0 Å². The fraction of sp³-hybridized carbons (Fsp3) is 0.143. The molecule has 0 aromatic heterocycles. The number of aromatic hydroxyl groups is 1. The van der Waals surface area contributed by atoms with E-state index < -0.39 is 5.82 Å². The molecule has 0 saturated carbocycles. The van der Waals surface area contributed by atoms with Crippen LogP contribution < -0.4 is 0 Å². The van der Waals surface area contributed by atoms with Crippen LogP contribution in [0.3, 0.4) is 0 Å². The van der Waals surface area contributed by atoms with Crippen LogP contribution >= 0.6 is 0 Å². The number of rotatable bonds is 3. The van der Waals surface area contributed by atoms with Gasteiger partial charge in [-0.15, -0.1) is 0 Å². The fourth-order valence-corrected chi connectivity index (χ4v) is 2.92. The van der Waals surface area contributed by atoms with Crippen LogP contribution in [0.15, 0.2) is 54.6 Å². The van der Waals surface area contributed by atoms with Gasteiger partial charge in [-0.25, -0.2) is 8.78 Å². The van der Waals surface area contributed by atoms with Crippen molar-refractivity contribution >= 4 is 0 Å². The van der Waals surface area contributed by atoms with Gasteiger partial charge in [0.1, 0.15) is 17.4 Å². The lowest BCUT2D eigenvalue weighted by Gasteiger charge is -2.13. The highest BCUT2D eigenvalue weighted by Gasteiger charge is 2.15. The summed E-state index contributed by atoms with van der Waals surface area (Å²) < 4.78 is 29.2. The molecule has 122 valence electrons. The van der Waals surface area contributed by atoms with Gasteiger partial charge in [0.15, 0.2) is 0 Å². The van der Waals surface area contributed by atoms with Crippen LogP contribution in [0, 0.1) is 18.6 Å². The van der Waals surface area contributed by atoms with Gasteiger partial charge in [-0.1, -0.05) is 49.4 Å². The first-order valence-electron chi connectivity index (χ1n) is 7.89. The molecule has 0 aliphatic carbocycles. The summed E-state index contributed by atoms with van der Waals surface area (Å²) in [5.41, 5.74) is 3.00. The zero-order valence-corrected chi connectivity index (χ0v) is 13.6. The highest BCUT2D eigenvalue weighted by Crippen LogP contribution is 2.36. The normalized spacial score (nSPS) is 10.8. The minimum Gasteiger partial charge on any atom is -0.507 e. The third-order valence-electron chi connectivity index (χ3n) is 4.34. The van der Waals surface area contributed by atoms with Crippen molar-refractivity contribution in [2.75, 3.05) is 0 Å².